The lowest BCUT2D eigenvalue weighted by atomic mass is 10.0. The number of aromatic nitrogens is 1. The number of hydrogen-bond donors (Lipinski definition) is 1. The van der Waals surface area contributed by atoms with Crippen LogP contribution in [0.1, 0.15) is 20.3 Å². The number of halogens is 1. The summed E-state index contributed by atoms with van der Waals surface area (Å²) in [6.45, 7) is 4.34. The molecule has 1 rings (SSSR count). The number of pyridine rings is 1. The molecule has 0 aliphatic carbocycles. The van der Waals surface area contributed by atoms with E-state index in [9.17, 15) is 0 Å². The third kappa shape index (κ3) is 4.41. The van der Waals surface area contributed by atoms with E-state index >= 15 is 0 Å². The fourth-order valence-corrected chi connectivity index (χ4v) is 2.19. The molecule has 0 amide bonds. The van der Waals surface area contributed by atoms with Gasteiger partial charge in [-0.3, -0.25) is 0 Å². The number of rotatable bonds is 5. The molecule has 1 heterocycles. The molecule has 0 spiro atoms. The molecule has 0 aliphatic heterocycles. The highest BCUT2D eigenvalue weighted by Gasteiger charge is 2.11. The zero-order valence-corrected chi connectivity index (χ0v) is 10.7. The van der Waals surface area contributed by atoms with Crippen LogP contribution in [0.15, 0.2) is 23.4 Å². The van der Waals surface area contributed by atoms with Crippen LogP contribution in [0.5, 0.6) is 0 Å². The van der Waals surface area contributed by atoms with Crippen LogP contribution in [0.4, 0.5) is 0 Å². The van der Waals surface area contributed by atoms with Gasteiger partial charge in [-0.2, -0.15) is 0 Å². The number of nitrogens with two attached hydrogens (primary N) is 1. The summed E-state index contributed by atoms with van der Waals surface area (Å²) in [6.07, 6.45) is 2.79. The summed E-state index contributed by atoms with van der Waals surface area (Å²) < 4.78 is 0. The van der Waals surface area contributed by atoms with Gasteiger partial charge >= 0.3 is 0 Å². The summed E-state index contributed by atoms with van der Waals surface area (Å²) in [5, 5.41) is 1.66. The summed E-state index contributed by atoms with van der Waals surface area (Å²) in [7, 11) is 0. The highest BCUT2D eigenvalue weighted by molar-refractivity contribution is 7.99. The Morgan fingerprint density at radius 1 is 1.53 bits per heavy atom. The molecule has 2 atom stereocenters. The zero-order chi connectivity index (χ0) is 11.3. The molecule has 0 saturated heterocycles. The number of thioether (sulfide) groups is 1. The van der Waals surface area contributed by atoms with Crippen molar-refractivity contribution in [3.63, 3.8) is 0 Å². The van der Waals surface area contributed by atoms with E-state index in [1.165, 1.54) is 0 Å². The van der Waals surface area contributed by atoms with Gasteiger partial charge in [-0.25, -0.2) is 4.98 Å². The molecule has 0 saturated carbocycles. The van der Waals surface area contributed by atoms with Crippen molar-refractivity contribution in [3.8, 4) is 0 Å². The maximum Gasteiger partial charge on any atom is 0.0961 e. The quantitative estimate of drug-likeness (QED) is 0.809. The minimum Gasteiger partial charge on any atom is -0.327 e. The van der Waals surface area contributed by atoms with Gasteiger partial charge < -0.3 is 5.73 Å². The highest BCUT2D eigenvalue weighted by Crippen LogP contribution is 2.20. The lowest BCUT2D eigenvalue weighted by Crippen LogP contribution is -2.30. The van der Waals surface area contributed by atoms with Crippen molar-refractivity contribution in [2.45, 2.75) is 31.3 Å². The third-order valence-corrected chi connectivity index (χ3v) is 3.81. The molecule has 0 bridgehead atoms. The van der Waals surface area contributed by atoms with Crippen molar-refractivity contribution in [2.24, 2.45) is 11.7 Å². The average molecular weight is 245 g/mol. The third-order valence-electron chi connectivity index (χ3n) is 2.50. The van der Waals surface area contributed by atoms with E-state index in [2.05, 4.69) is 18.8 Å². The largest absolute Gasteiger partial charge is 0.327 e. The SMILES string of the molecule is CCC(C)C(N)CSc1ccc(Cl)cn1. The summed E-state index contributed by atoms with van der Waals surface area (Å²) in [4.78, 5) is 4.21. The molecule has 0 aromatic carbocycles. The first kappa shape index (κ1) is 12.8. The van der Waals surface area contributed by atoms with Gasteiger partial charge in [-0.15, -0.1) is 11.8 Å². The predicted octanol–water partition coefficient (Wildman–Crippen LogP) is 3.20. The van der Waals surface area contributed by atoms with E-state index in [1.807, 2.05) is 12.1 Å². The van der Waals surface area contributed by atoms with Crippen LogP contribution >= 0.6 is 23.4 Å². The smallest absolute Gasteiger partial charge is 0.0961 e. The summed E-state index contributed by atoms with van der Waals surface area (Å²) >= 11 is 7.44. The molecule has 1 aromatic heterocycles. The van der Waals surface area contributed by atoms with Crippen molar-refractivity contribution in [2.75, 3.05) is 5.75 Å². The van der Waals surface area contributed by atoms with E-state index < -0.39 is 0 Å². The van der Waals surface area contributed by atoms with Crippen LogP contribution < -0.4 is 5.73 Å². The topological polar surface area (TPSA) is 38.9 Å². The van der Waals surface area contributed by atoms with Gasteiger partial charge in [0.2, 0.25) is 0 Å². The summed E-state index contributed by atoms with van der Waals surface area (Å²) in [5.41, 5.74) is 6.03. The van der Waals surface area contributed by atoms with Gasteiger partial charge in [-0.05, 0) is 18.1 Å². The van der Waals surface area contributed by atoms with Gasteiger partial charge in [-0.1, -0.05) is 31.9 Å². The van der Waals surface area contributed by atoms with Crippen molar-refractivity contribution in [1.29, 1.82) is 0 Å². The Hall–Kier alpha value is -0.250. The van der Waals surface area contributed by atoms with E-state index in [4.69, 9.17) is 17.3 Å². The Balaban J connectivity index is 2.40. The first-order valence-electron chi connectivity index (χ1n) is 5.13. The first-order chi connectivity index (χ1) is 7.13. The van der Waals surface area contributed by atoms with Crippen molar-refractivity contribution in [1.82, 2.24) is 4.98 Å². The Bertz CT molecular complexity index is 289. The normalized spacial score (nSPS) is 14.9. The van der Waals surface area contributed by atoms with Gasteiger partial charge in [0.05, 0.1) is 10.0 Å². The van der Waals surface area contributed by atoms with Crippen LogP contribution in [0.3, 0.4) is 0 Å². The Morgan fingerprint density at radius 2 is 2.27 bits per heavy atom. The lowest BCUT2D eigenvalue weighted by Gasteiger charge is -2.17. The predicted molar refractivity (Wildman–Crippen MR) is 67.4 cm³/mol. The molecule has 0 fully saturated rings. The number of hydrogen-bond acceptors (Lipinski definition) is 3. The molecular formula is C11H17ClN2S. The average Bonchev–Trinajstić information content (AvgIpc) is 2.26. The number of nitrogens with zero attached hydrogens (tertiary/aromatic N) is 1. The van der Waals surface area contributed by atoms with Crippen molar-refractivity contribution < 1.29 is 0 Å². The Morgan fingerprint density at radius 3 is 2.80 bits per heavy atom. The maximum absolute atomic E-state index is 6.03. The fraction of sp³-hybridized carbons (Fsp3) is 0.545. The van der Waals surface area contributed by atoms with Crippen LogP contribution in [0.25, 0.3) is 0 Å². The van der Waals surface area contributed by atoms with Gasteiger partial charge in [0.25, 0.3) is 0 Å². The molecule has 2 nitrogen and oxygen atoms in total. The molecule has 2 N–H and O–H groups in total. The van der Waals surface area contributed by atoms with Crippen molar-refractivity contribution in [3.05, 3.63) is 23.4 Å². The van der Waals surface area contributed by atoms with Crippen LogP contribution in [0, 0.1) is 5.92 Å². The molecule has 0 radical (unpaired) electrons. The van der Waals surface area contributed by atoms with Crippen molar-refractivity contribution >= 4 is 23.4 Å². The molecule has 1 aromatic rings. The van der Waals surface area contributed by atoms with Crippen LogP contribution in [-0.2, 0) is 0 Å². The van der Waals surface area contributed by atoms with Crippen LogP contribution in [0.2, 0.25) is 5.02 Å². The maximum atomic E-state index is 6.03. The monoisotopic (exact) mass is 244 g/mol. The summed E-state index contributed by atoms with van der Waals surface area (Å²) in [6, 6.07) is 4.01. The molecular weight excluding hydrogens is 228 g/mol. The highest BCUT2D eigenvalue weighted by atomic mass is 35.5. The molecule has 2 unspecified atom stereocenters. The molecule has 84 valence electrons. The first-order valence-corrected chi connectivity index (χ1v) is 6.49. The second-order valence-corrected chi connectivity index (χ2v) is 5.15. The second-order valence-electron chi connectivity index (χ2n) is 3.68. The molecule has 4 heteroatoms. The molecule has 0 aliphatic rings. The lowest BCUT2D eigenvalue weighted by molar-refractivity contribution is 0.475. The van der Waals surface area contributed by atoms with E-state index in [1.54, 1.807) is 18.0 Å². The van der Waals surface area contributed by atoms with E-state index in [0.29, 0.717) is 10.9 Å². The Kier molecular flexibility index (Phi) is 5.43. The van der Waals surface area contributed by atoms with Gasteiger partial charge in [0, 0.05) is 18.0 Å². The minimum absolute atomic E-state index is 0.234. The second kappa shape index (κ2) is 6.36. The standard InChI is InChI=1S/C11H17ClN2S/c1-3-8(2)10(13)7-15-11-5-4-9(12)6-14-11/h4-6,8,10H,3,7,13H2,1-2H3. The zero-order valence-electron chi connectivity index (χ0n) is 9.11. The van der Waals surface area contributed by atoms with Gasteiger partial charge in [0.15, 0.2) is 0 Å². The van der Waals surface area contributed by atoms with E-state index in [-0.39, 0.29) is 6.04 Å². The minimum atomic E-state index is 0.234. The van der Waals surface area contributed by atoms with E-state index in [0.717, 1.165) is 17.2 Å². The summed E-state index contributed by atoms with van der Waals surface area (Å²) in [5.74, 6) is 1.47. The van der Waals surface area contributed by atoms with Gasteiger partial charge in [0.1, 0.15) is 0 Å². The Labute approximate surface area is 101 Å². The van der Waals surface area contributed by atoms with Crippen LogP contribution in [-0.4, -0.2) is 16.8 Å². The molecule has 15 heavy (non-hydrogen) atoms. The fourth-order valence-electron chi connectivity index (χ4n) is 1.10.